The standard InChI is InChI=1S/C31H38O5/c1-13(2)35-26-27(32)30-25(22-17-8-9-18(11-17)23(22)28(30)34-5)24-20(31(30,33)29(26)36-14(3)4)12-19-15-6-7-16(10-15)21(19)24/h6-9,12-19,21-25,28,33H,10-11H2,1-5H3/t15-,16+,17+,18-,19-,21+,22+,23-,24+,25+,28?,30?,31+/m1/s1. The van der Waals surface area contributed by atoms with Crippen LogP contribution in [0.2, 0.25) is 0 Å². The van der Waals surface area contributed by atoms with E-state index < -0.39 is 11.0 Å². The van der Waals surface area contributed by atoms with Crippen molar-refractivity contribution in [3.63, 3.8) is 0 Å². The number of carbonyl (C=O) groups is 1. The molecule has 0 aromatic rings. The molecule has 0 aliphatic heterocycles. The third-order valence-corrected chi connectivity index (χ3v) is 11.5. The smallest absolute Gasteiger partial charge is 0.213 e. The summed E-state index contributed by atoms with van der Waals surface area (Å²) >= 11 is 0. The van der Waals surface area contributed by atoms with Crippen LogP contribution < -0.4 is 0 Å². The predicted octanol–water partition coefficient (Wildman–Crippen LogP) is 4.44. The van der Waals surface area contributed by atoms with Gasteiger partial charge in [0.25, 0.3) is 0 Å². The van der Waals surface area contributed by atoms with Gasteiger partial charge in [-0.1, -0.05) is 30.4 Å². The number of hydrogen-bond acceptors (Lipinski definition) is 5. The van der Waals surface area contributed by atoms with Gasteiger partial charge in [0.2, 0.25) is 11.5 Å². The van der Waals surface area contributed by atoms with Gasteiger partial charge >= 0.3 is 0 Å². The van der Waals surface area contributed by atoms with Gasteiger partial charge < -0.3 is 19.3 Å². The molecule has 0 saturated heterocycles. The molecule has 192 valence electrons. The molecule has 13 atom stereocenters. The summed E-state index contributed by atoms with van der Waals surface area (Å²) in [5.74, 6) is 4.21. The Kier molecular flexibility index (Phi) is 4.17. The summed E-state index contributed by atoms with van der Waals surface area (Å²) in [7, 11) is 1.75. The van der Waals surface area contributed by atoms with Crippen molar-refractivity contribution in [2.45, 2.75) is 64.4 Å². The van der Waals surface area contributed by atoms with Gasteiger partial charge in [0, 0.05) is 7.11 Å². The van der Waals surface area contributed by atoms with E-state index in [1.54, 1.807) is 7.11 Å². The Bertz CT molecular complexity index is 1180. The summed E-state index contributed by atoms with van der Waals surface area (Å²) in [5, 5.41) is 13.2. The molecule has 0 aromatic heterocycles. The van der Waals surface area contributed by atoms with Crippen LogP contribution in [0, 0.1) is 64.6 Å². The fourth-order valence-electron chi connectivity index (χ4n) is 11.1. The van der Waals surface area contributed by atoms with Crippen LogP contribution in [0.4, 0.5) is 0 Å². The molecule has 5 nitrogen and oxygen atoms in total. The summed E-state index contributed by atoms with van der Waals surface area (Å²) < 4.78 is 19.1. The van der Waals surface area contributed by atoms with Crippen LogP contribution in [0.1, 0.15) is 40.5 Å². The van der Waals surface area contributed by atoms with E-state index in [-0.39, 0.29) is 47.6 Å². The minimum Gasteiger partial charge on any atom is -0.488 e. The van der Waals surface area contributed by atoms with Gasteiger partial charge in [0.1, 0.15) is 5.41 Å². The van der Waals surface area contributed by atoms with Crippen molar-refractivity contribution in [3.8, 4) is 0 Å². The summed E-state index contributed by atoms with van der Waals surface area (Å²) in [5.41, 5.74) is -1.55. The van der Waals surface area contributed by atoms with Gasteiger partial charge in [-0.3, -0.25) is 4.79 Å². The van der Waals surface area contributed by atoms with E-state index in [9.17, 15) is 9.90 Å². The lowest BCUT2D eigenvalue weighted by molar-refractivity contribution is -0.157. The Hall–Kier alpha value is -1.85. The molecule has 8 aliphatic carbocycles. The number of ketones is 1. The van der Waals surface area contributed by atoms with Crippen molar-refractivity contribution in [1.82, 2.24) is 0 Å². The number of Topliss-reactive ketones (excluding diaryl/α,β-unsaturated/α-hetero) is 1. The first-order valence-corrected chi connectivity index (χ1v) is 14.2. The van der Waals surface area contributed by atoms with E-state index in [4.69, 9.17) is 14.2 Å². The quantitative estimate of drug-likeness (QED) is 0.578. The molecule has 8 aliphatic rings. The number of hydrogen-bond donors (Lipinski definition) is 1. The van der Waals surface area contributed by atoms with Crippen LogP contribution >= 0.6 is 0 Å². The van der Waals surface area contributed by atoms with Gasteiger partial charge in [0.05, 0.1) is 18.3 Å². The average Bonchev–Trinajstić information content (AvgIpc) is 3.66. The minimum absolute atomic E-state index is 0.0397. The molecule has 1 N–H and O–H groups in total. The first kappa shape index (κ1) is 22.2. The largest absolute Gasteiger partial charge is 0.488 e. The van der Waals surface area contributed by atoms with Crippen molar-refractivity contribution < 1.29 is 24.1 Å². The molecule has 0 radical (unpaired) electrons. The lowest BCUT2D eigenvalue weighted by Gasteiger charge is -2.42. The number of rotatable bonds is 5. The van der Waals surface area contributed by atoms with E-state index in [0.717, 1.165) is 12.0 Å². The highest BCUT2D eigenvalue weighted by Gasteiger charge is 2.88. The number of allylic oxidation sites excluding steroid dienone is 6. The second-order valence-corrected chi connectivity index (χ2v) is 13.4. The molecular weight excluding hydrogens is 452 g/mol. The molecule has 0 amide bonds. The maximum Gasteiger partial charge on any atom is 0.213 e. The molecule has 4 saturated carbocycles. The first-order valence-electron chi connectivity index (χ1n) is 14.2. The topological polar surface area (TPSA) is 65.0 Å². The van der Waals surface area contributed by atoms with E-state index in [0.29, 0.717) is 47.2 Å². The third-order valence-electron chi connectivity index (χ3n) is 11.5. The van der Waals surface area contributed by atoms with Crippen molar-refractivity contribution in [3.05, 3.63) is 47.5 Å². The van der Waals surface area contributed by atoms with Crippen molar-refractivity contribution in [1.29, 1.82) is 0 Å². The fourth-order valence-corrected chi connectivity index (χ4v) is 11.1. The highest BCUT2D eigenvalue weighted by Crippen LogP contribution is 2.81. The van der Waals surface area contributed by atoms with Crippen LogP contribution in [0.3, 0.4) is 0 Å². The summed E-state index contributed by atoms with van der Waals surface area (Å²) in [4.78, 5) is 14.9. The second-order valence-electron chi connectivity index (χ2n) is 13.4. The molecule has 1 spiro atoms. The van der Waals surface area contributed by atoms with Crippen molar-refractivity contribution >= 4 is 5.78 Å². The number of aliphatic hydroxyl groups is 1. The van der Waals surface area contributed by atoms with Crippen LogP contribution in [-0.2, 0) is 19.0 Å². The highest BCUT2D eigenvalue weighted by atomic mass is 16.5. The van der Waals surface area contributed by atoms with Crippen molar-refractivity contribution in [2.24, 2.45) is 64.6 Å². The Morgan fingerprint density at radius 3 is 2.17 bits per heavy atom. The normalized spacial score (nSPS) is 54.1. The fraction of sp³-hybridized carbons (Fsp3) is 0.710. The lowest BCUT2D eigenvalue weighted by atomic mass is 9.63. The number of ether oxygens (including phenoxy) is 3. The van der Waals surface area contributed by atoms with Crippen LogP contribution in [0.15, 0.2) is 47.5 Å². The second kappa shape index (κ2) is 6.77. The van der Waals surface area contributed by atoms with Crippen LogP contribution in [0.25, 0.3) is 0 Å². The Morgan fingerprint density at radius 1 is 0.889 bits per heavy atom. The Morgan fingerprint density at radius 2 is 1.50 bits per heavy atom. The van der Waals surface area contributed by atoms with E-state index in [2.05, 4.69) is 30.4 Å². The van der Waals surface area contributed by atoms with E-state index >= 15 is 0 Å². The lowest BCUT2D eigenvalue weighted by Crippen LogP contribution is -2.57. The number of methoxy groups -OCH3 is 1. The SMILES string of the molecule is COC1[C@H]2[C@@H]([C@H]3[C@H]4C(=C[C@H]5[C@@H]4[C@H]4C=C[C@@H]5C4)[C@]4(O)C(OC(C)C)=C(OC(C)C)C(=O)C134)[C@H]1C=C[C@@H]2C1. The van der Waals surface area contributed by atoms with Gasteiger partial charge in [-0.15, -0.1) is 0 Å². The molecule has 8 rings (SSSR count). The molecule has 0 aromatic carbocycles. The molecule has 4 bridgehead atoms. The molecule has 4 fully saturated rings. The number of carbonyl (C=O) groups excluding carboxylic acids is 1. The van der Waals surface area contributed by atoms with Gasteiger partial charge in [-0.25, -0.2) is 0 Å². The monoisotopic (exact) mass is 490 g/mol. The van der Waals surface area contributed by atoms with Crippen LogP contribution in [-0.4, -0.2) is 41.9 Å². The van der Waals surface area contributed by atoms with Gasteiger partial charge in [-0.05, 0) is 105 Å². The molecule has 5 heteroatoms. The molecule has 2 unspecified atom stereocenters. The molecule has 36 heavy (non-hydrogen) atoms. The summed E-state index contributed by atoms with van der Waals surface area (Å²) in [6.45, 7) is 7.80. The predicted molar refractivity (Wildman–Crippen MR) is 133 cm³/mol. The summed E-state index contributed by atoms with van der Waals surface area (Å²) in [6.07, 6.45) is 13.6. The van der Waals surface area contributed by atoms with E-state index in [1.165, 1.54) is 6.42 Å². The first-order chi connectivity index (χ1) is 17.2. The average molecular weight is 491 g/mol. The van der Waals surface area contributed by atoms with Gasteiger partial charge in [-0.2, -0.15) is 0 Å². The summed E-state index contributed by atoms with van der Waals surface area (Å²) in [6, 6.07) is 0. The zero-order valence-electron chi connectivity index (χ0n) is 21.9. The Balaban J connectivity index is 1.40. The van der Waals surface area contributed by atoms with Crippen LogP contribution in [0.5, 0.6) is 0 Å². The highest BCUT2D eigenvalue weighted by molar-refractivity contribution is 6.06. The molecular formula is C31H38O5. The maximum atomic E-state index is 14.9. The van der Waals surface area contributed by atoms with Gasteiger partial charge in [0.15, 0.2) is 11.4 Å². The minimum atomic E-state index is -1.51. The zero-order valence-corrected chi connectivity index (χ0v) is 21.9. The maximum absolute atomic E-state index is 14.9. The zero-order chi connectivity index (χ0) is 24.9. The Labute approximate surface area is 213 Å². The van der Waals surface area contributed by atoms with E-state index in [1.807, 2.05) is 27.7 Å². The van der Waals surface area contributed by atoms with Crippen molar-refractivity contribution in [2.75, 3.05) is 7.11 Å². The third kappa shape index (κ3) is 2.13. The molecule has 0 heterocycles. The number of fused-ring (bicyclic) bond motifs is 15.